The summed E-state index contributed by atoms with van der Waals surface area (Å²) in [6.45, 7) is 1.83. The second kappa shape index (κ2) is 5.87. The maximum atomic E-state index is 12.2. The molecule has 2 aromatic rings. The first kappa shape index (κ1) is 12.9. The van der Waals surface area contributed by atoms with Crippen LogP contribution in [0.4, 0.5) is 0 Å². The number of carbonyl (C=O) groups is 1. The first-order valence-corrected chi connectivity index (χ1v) is 5.93. The van der Waals surface area contributed by atoms with E-state index in [4.69, 9.17) is 4.74 Å². The van der Waals surface area contributed by atoms with Crippen molar-refractivity contribution < 1.29 is 14.6 Å². The van der Waals surface area contributed by atoms with Crippen LogP contribution in [0.5, 0.6) is 11.5 Å². The summed E-state index contributed by atoms with van der Waals surface area (Å²) in [6, 6.07) is 13.5. The van der Waals surface area contributed by atoms with Crippen LogP contribution in [0, 0.1) is 0 Å². The molecule has 1 N–H and O–H groups in total. The lowest BCUT2D eigenvalue weighted by Gasteiger charge is -2.06. The predicted octanol–water partition coefficient (Wildman–Crippen LogP) is 3.54. The number of hydrogen-bond donors (Lipinski definition) is 1. The molecule has 3 heteroatoms. The van der Waals surface area contributed by atoms with Gasteiger partial charge in [0.05, 0.1) is 11.8 Å². The summed E-state index contributed by atoms with van der Waals surface area (Å²) in [6.07, 6.45) is 3.24. The largest absolute Gasteiger partial charge is 0.507 e. The summed E-state index contributed by atoms with van der Waals surface area (Å²) in [5.41, 5.74) is 0.805. The fourth-order valence-corrected chi connectivity index (χ4v) is 1.67. The minimum atomic E-state index is -0.212. The fourth-order valence-electron chi connectivity index (χ4n) is 1.67. The van der Waals surface area contributed by atoms with Gasteiger partial charge in [0.15, 0.2) is 5.78 Å². The van der Waals surface area contributed by atoms with E-state index >= 15 is 0 Å². The van der Waals surface area contributed by atoms with Crippen molar-refractivity contribution in [2.24, 2.45) is 0 Å². The lowest BCUT2D eigenvalue weighted by molar-refractivity contribution is 0.103. The molecule has 0 aromatic heterocycles. The zero-order valence-corrected chi connectivity index (χ0v) is 10.5. The van der Waals surface area contributed by atoms with Crippen molar-refractivity contribution >= 4 is 5.78 Å². The molecule has 0 saturated carbocycles. The van der Waals surface area contributed by atoms with Crippen LogP contribution < -0.4 is 4.74 Å². The van der Waals surface area contributed by atoms with Crippen molar-refractivity contribution in [3.8, 4) is 11.5 Å². The smallest absolute Gasteiger partial charge is 0.196 e. The summed E-state index contributed by atoms with van der Waals surface area (Å²) >= 11 is 0. The Labute approximate surface area is 111 Å². The zero-order chi connectivity index (χ0) is 13.7. The Hall–Kier alpha value is -2.55. The maximum Gasteiger partial charge on any atom is 0.196 e. The van der Waals surface area contributed by atoms with Crippen LogP contribution in [0.3, 0.4) is 0 Å². The molecule has 0 unspecified atom stereocenters. The molecule has 0 atom stereocenters. The van der Waals surface area contributed by atoms with Gasteiger partial charge in [0.1, 0.15) is 11.5 Å². The van der Waals surface area contributed by atoms with Crippen molar-refractivity contribution in [2.75, 3.05) is 0 Å². The number of phenolic OH excluding ortho intramolecular Hbond substituents is 1. The van der Waals surface area contributed by atoms with Gasteiger partial charge in [0.2, 0.25) is 0 Å². The van der Waals surface area contributed by atoms with Crippen molar-refractivity contribution in [1.82, 2.24) is 0 Å². The molecule has 0 heterocycles. The number of hydrogen-bond acceptors (Lipinski definition) is 3. The zero-order valence-electron chi connectivity index (χ0n) is 10.5. The van der Waals surface area contributed by atoms with Gasteiger partial charge in [-0.25, -0.2) is 0 Å². The molecule has 19 heavy (non-hydrogen) atoms. The molecular weight excluding hydrogens is 240 g/mol. The first-order valence-electron chi connectivity index (χ1n) is 5.93. The first-order chi connectivity index (χ1) is 9.22. The van der Waals surface area contributed by atoms with E-state index in [2.05, 4.69) is 0 Å². The molecular formula is C16H14O3. The van der Waals surface area contributed by atoms with Crippen LogP contribution in [-0.2, 0) is 0 Å². The van der Waals surface area contributed by atoms with Crippen molar-refractivity contribution in [3.05, 3.63) is 72.0 Å². The van der Waals surface area contributed by atoms with Gasteiger partial charge in [-0.2, -0.15) is 0 Å². The van der Waals surface area contributed by atoms with E-state index < -0.39 is 0 Å². The molecule has 0 bridgehead atoms. The molecule has 0 amide bonds. The summed E-state index contributed by atoms with van der Waals surface area (Å²) < 4.78 is 5.22. The van der Waals surface area contributed by atoms with E-state index in [0.29, 0.717) is 11.3 Å². The van der Waals surface area contributed by atoms with Crippen LogP contribution in [0.1, 0.15) is 22.8 Å². The highest BCUT2D eigenvalue weighted by Gasteiger charge is 2.13. The van der Waals surface area contributed by atoms with Gasteiger partial charge in [0.25, 0.3) is 0 Å². The third-order valence-electron chi connectivity index (χ3n) is 2.59. The number of aromatic hydroxyl groups is 1. The summed E-state index contributed by atoms with van der Waals surface area (Å²) in [5, 5.41) is 9.90. The van der Waals surface area contributed by atoms with E-state index in [1.165, 1.54) is 12.3 Å². The van der Waals surface area contributed by atoms with E-state index in [1.54, 1.807) is 42.5 Å². The van der Waals surface area contributed by atoms with E-state index in [0.717, 1.165) is 0 Å². The van der Waals surface area contributed by atoms with Gasteiger partial charge in [0, 0.05) is 11.6 Å². The molecule has 2 rings (SSSR count). The number of benzene rings is 2. The molecule has 3 nitrogen and oxygen atoms in total. The minimum Gasteiger partial charge on any atom is -0.507 e. The van der Waals surface area contributed by atoms with Crippen LogP contribution in [0.2, 0.25) is 0 Å². The summed E-state index contributed by atoms with van der Waals surface area (Å²) in [5.74, 6) is 0.187. The number of allylic oxidation sites excluding steroid dienone is 1. The Morgan fingerprint density at radius 1 is 1.16 bits per heavy atom. The third kappa shape index (κ3) is 3.01. The lowest BCUT2D eigenvalue weighted by atomic mass is 10.0. The van der Waals surface area contributed by atoms with Gasteiger partial charge in [-0.05, 0) is 19.1 Å². The molecule has 0 aliphatic heterocycles. The molecule has 0 aliphatic rings. The van der Waals surface area contributed by atoms with Crippen molar-refractivity contribution in [2.45, 2.75) is 6.92 Å². The topological polar surface area (TPSA) is 46.5 Å². The van der Waals surface area contributed by atoms with E-state index in [9.17, 15) is 9.90 Å². The molecule has 0 radical (unpaired) electrons. The monoisotopic (exact) mass is 254 g/mol. The average molecular weight is 254 g/mol. The highest BCUT2D eigenvalue weighted by atomic mass is 16.5. The van der Waals surface area contributed by atoms with E-state index in [-0.39, 0.29) is 17.1 Å². The maximum absolute atomic E-state index is 12.2. The van der Waals surface area contributed by atoms with Crippen LogP contribution >= 0.6 is 0 Å². The van der Waals surface area contributed by atoms with Gasteiger partial charge < -0.3 is 9.84 Å². The van der Waals surface area contributed by atoms with Gasteiger partial charge in [-0.15, -0.1) is 0 Å². The predicted molar refractivity (Wildman–Crippen MR) is 73.4 cm³/mol. The molecule has 0 spiro atoms. The fraction of sp³-hybridized carbons (Fsp3) is 0.0625. The molecule has 96 valence electrons. The number of ketones is 1. The lowest BCUT2D eigenvalue weighted by Crippen LogP contribution is -2.01. The molecule has 0 saturated heterocycles. The van der Waals surface area contributed by atoms with Crippen LogP contribution in [-0.4, -0.2) is 10.9 Å². The Bertz CT molecular complexity index is 601. The Morgan fingerprint density at radius 3 is 2.53 bits per heavy atom. The second-order valence-electron chi connectivity index (χ2n) is 3.96. The quantitative estimate of drug-likeness (QED) is 0.670. The SMILES string of the molecule is CC=COc1ccc(C(=O)c2ccccc2)c(O)c1. The minimum absolute atomic E-state index is 0.0872. The molecule has 2 aromatic carbocycles. The second-order valence-corrected chi connectivity index (χ2v) is 3.96. The van der Waals surface area contributed by atoms with Gasteiger partial charge in [-0.3, -0.25) is 4.79 Å². The number of ether oxygens (including phenoxy) is 1. The van der Waals surface area contributed by atoms with Gasteiger partial charge >= 0.3 is 0 Å². The van der Waals surface area contributed by atoms with Crippen molar-refractivity contribution in [1.29, 1.82) is 0 Å². The highest BCUT2D eigenvalue weighted by molar-refractivity contribution is 6.10. The van der Waals surface area contributed by atoms with Crippen LogP contribution in [0.25, 0.3) is 0 Å². The van der Waals surface area contributed by atoms with Crippen LogP contribution in [0.15, 0.2) is 60.9 Å². The summed E-state index contributed by atoms with van der Waals surface area (Å²) in [7, 11) is 0. The molecule has 0 fully saturated rings. The standard InChI is InChI=1S/C16H14O3/c1-2-10-19-13-8-9-14(15(17)11-13)16(18)12-6-4-3-5-7-12/h2-11,17H,1H3. The summed E-state index contributed by atoms with van der Waals surface area (Å²) in [4.78, 5) is 12.2. The third-order valence-corrected chi connectivity index (χ3v) is 2.59. The van der Waals surface area contributed by atoms with Gasteiger partial charge in [-0.1, -0.05) is 36.4 Å². The Kier molecular flexibility index (Phi) is 3.98. The molecule has 0 aliphatic carbocycles. The number of carbonyl (C=O) groups excluding carboxylic acids is 1. The van der Waals surface area contributed by atoms with Crippen molar-refractivity contribution in [3.63, 3.8) is 0 Å². The normalized spacial score (nSPS) is 10.6. The van der Waals surface area contributed by atoms with E-state index in [1.807, 2.05) is 13.0 Å². The average Bonchev–Trinajstić information content (AvgIpc) is 2.45. The number of phenols is 1. The highest BCUT2D eigenvalue weighted by Crippen LogP contribution is 2.25. The Morgan fingerprint density at radius 2 is 1.89 bits per heavy atom. The Balaban J connectivity index is 2.29. The number of rotatable bonds is 4.